The minimum atomic E-state index is -0.468. The maximum atomic E-state index is 13.0. The Bertz CT molecular complexity index is 853. The summed E-state index contributed by atoms with van der Waals surface area (Å²) in [6, 6.07) is 19.8. The van der Waals surface area contributed by atoms with Crippen LogP contribution in [-0.2, 0) is 4.74 Å². The zero-order valence-electron chi connectivity index (χ0n) is 13.6. The first-order chi connectivity index (χ1) is 12.0. The van der Waals surface area contributed by atoms with Crippen molar-refractivity contribution in [3.63, 3.8) is 0 Å². The van der Waals surface area contributed by atoms with Crippen LogP contribution < -0.4 is 0 Å². The zero-order chi connectivity index (χ0) is 17.8. The first kappa shape index (κ1) is 16.7. The molecule has 0 fully saturated rings. The molecule has 1 N–H and O–H groups in total. The van der Waals surface area contributed by atoms with Crippen LogP contribution in [0.1, 0.15) is 28.9 Å². The summed E-state index contributed by atoms with van der Waals surface area (Å²) in [7, 11) is 0. The van der Waals surface area contributed by atoms with Crippen LogP contribution in [0.15, 0.2) is 72.8 Å². The lowest BCUT2D eigenvalue weighted by molar-refractivity contribution is 0.0338. The molecule has 0 aliphatic carbocycles. The van der Waals surface area contributed by atoms with E-state index >= 15 is 0 Å². The zero-order valence-corrected chi connectivity index (χ0v) is 13.6. The lowest BCUT2D eigenvalue weighted by Gasteiger charge is -2.14. The monoisotopic (exact) mass is 336 g/mol. The standard InChI is InChI=1S/C21H17FO3/c1-14(15-6-10-19(22)11-7-15)25-21(24)18-4-2-16(3-5-18)17-8-12-20(23)13-9-17/h2-14,23H,1H3. The molecule has 1 unspecified atom stereocenters. The number of phenols is 1. The topological polar surface area (TPSA) is 46.5 Å². The van der Waals surface area contributed by atoms with E-state index < -0.39 is 12.1 Å². The van der Waals surface area contributed by atoms with Gasteiger partial charge in [-0.15, -0.1) is 0 Å². The minimum absolute atomic E-state index is 0.207. The van der Waals surface area contributed by atoms with Crippen molar-refractivity contribution in [3.05, 3.63) is 89.7 Å². The molecule has 0 aromatic heterocycles. The van der Waals surface area contributed by atoms with Crippen LogP contribution in [0.5, 0.6) is 5.75 Å². The molecular weight excluding hydrogens is 319 g/mol. The molecule has 0 saturated heterocycles. The van der Waals surface area contributed by atoms with Crippen LogP contribution >= 0.6 is 0 Å². The molecule has 0 saturated carbocycles. The summed E-state index contributed by atoms with van der Waals surface area (Å²) in [5.74, 6) is -0.556. The second kappa shape index (κ2) is 7.18. The van der Waals surface area contributed by atoms with Crippen molar-refractivity contribution in [1.29, 1.82) is 0 Å². The van der Waals surface area contributed by atoms with Crippen molar-refractivity contribution in [2.24, 2.45) is 0 Å². The van der Waals surface area contributed by atoms with Crippen molar-refractivity contribution >= 4 is 5.97 Å². The highest BCUT2D eigenvalue weighted by molar-refractivity contribution is 5.90. The summed E-state index contributed by atoms with van der Waals surface area (Å²) < 4.78 is 18.4. The molecule has 25 heavy (non-hydrogen) atoms. The molecule has 0 heterocycles. The van der Waals surface area contributed by atoms with Crippen molar-refractivity contribution < 1.29 is 19.0 Å². The molecule has 126 valence electrons. The molecular formula is C21H17FO3. The van der Waals surface area contributed by atoms with Crippen molar-refractivity contribution in [3.8, 4) is 16.9 Å². The third-order valence-corrected chi connectivity index (χ3v) is 3.94. The first-order valence-corrected chi connectivity index (χ1v) is 7.89. The highest BCUT2D eigenvalue weighted by Gasteiger charge is 2.14. The molecule has 0 bridgehead atoms. The lowest BCUT2D eigenvalue weighted by Crippen LogP contribution is -2.09. The van der Waals surface area contributed by atoms with Crippen molar-refractivity contribution in [1.82, 2.24) is 0 Å². The number of carbonyl (C=O) groups excluding carboxylic acids is 1. The Labute approximate surface area is 145 Å². The fraction of sp³-hybridized carbons (Fsp3) is 0.0952. The van der Waals surface area contributed by atoms with Gasteiger partial charge in [-0.2, -0.15) is 0 Å². The van der Waals surface area contributed by atoms with Gasteiger partial charge in [0.25, 0.3) is 0 Å². The smallest absolute Gasteiger partial charge is 0.338 e. The van der Waals surface area contributed by atoms with Crippen LogP contribution in [-0.4, -0.2) is 11.1 Å². The molecule has 3 aromatic carbocycles. The minimum Gasteiger partial charge on any atom is -0.508 e. The van der Waals surface area contributed by atoms with Gasteiger partial charge in [-0.1, -0.05) is 36.4 Å². The van der Waals surface area contributed by atoms with E-state index in [9.17, 15) is 14.3 Å². The highest BCUT2D eigenvalue weighted by Crippen LogP contribution is 2.23. The molecule has 3 rings (SSSR count). The van der Waals surface area contributed by atoms with Crippen LogP contribution in [0.3, 0.4) is 0 Å². The van der Waals surface area contributed by atoms with E-state index in [1.807, 2.05) is 12.1 Å². The summed E-state index contributed by atoms with van der Waals surface area (Å²) in [5.41, 5.74) is 3.05. The van der Waals surface area contributed by atoms with Crippen molar-refractivity contribution in [2.75, 3.05) is 0 Å². The fourth-order valence-electron chi connectivity index (χ4n) is 2.48. The van der Waals surface area contributed by atoms with E-state index in [4.69, 9.17) is 4.74 Å². The van der Waals surface area contributed by atoms with Gasteiger partial charge in [0.15, 0.2) is 0 Å². The van der Waals surface area contributed by atoms with E-state index in [1.165, 1.54) is 12.1 Å². The van der Waals surface area contributed by atoms with Gasteiger partial charge in [-0.05, 0) is 60.0 Å². The van der Waals surface area contributed by atoms with Crippen LogP contribution in [0.2, 0.25) is 0 Å². The number of hydrogen-bond acceptors (Lipinski definition) is 3. The summed E-state index contributed by atoms with van der Waals surface area (Å²) in [4.78, 5) is 12.3. The predicted octanol–water partition coefficient (Wildman–Crippen LogP) is 5.12. The Morgan fingerprint density at radius 3 is 1.96 bits per heavy atom. The molecule has 0 aliphatic heterocycles. The second-order valence-corrected chi connectivity index (χ2v) is 5.72. The van der Waals surface area contributed by atoms with Gasteiger partial charge in [-0.25, -0.2) is 9.18 Å². The molecule has 3 nitrogen and oxygen atoms in total. The predicted molar refractivity (Wildman–Crippen MR) is 93.8 cm³/mol. The van der Waals surface area contributed by atoms with Gasteiger partial charge < -0.3 is 9.84 Å². The van der Waals surface area contributed by atoms with E-state index in [0.29, 0.717) is 5.56 Å². The van der Waals surface area contributed by atoms with Crippen LogP contribution in [0.25, 0.3) is 11.1 Å². The number of aromatic hydroxyl groups is 1. The molecule has 1 atom stereocenters. The van der Waals surface area contributed by atoms with E-state index in [1.54, 1.807) is 55.5 Å². The average Bonchev–Trinajstić information content (AvgIpc) is 2.63. The number of rotatable bonds is 4. The largest absolute Gasteiger partial charge is 0.508 e. The SMILES string of the molecule is CC(OC(=O)c1ccc(-c2ccc(O)cc2)cc1)c1ccc(F)cc1. The van der Waals surface area contributed by atoms with Gasteiger partial charge >= 0.3 is 5.97 Å². The number of halogens is 1. The summed E-state index contributed by atoms with van der Waals surface area (Å²) >= 11 is 0. The van der Waals surface area contributed by atoms with E-state index in [-0.39, 0.29) is 11.6 Å². The lowest BCUT2D eigenvalue weighted by atomic mass is 10.0. The number of benzene rings is 3. The molecule has 0 amide bonds. The molecule has 0 spiro atoms. The quantitative estimate of drug-likeness (QED) is 0.673. The number of ether oxygens (including phenoxy) is 1. The number of hydrogen-bond donors (Lipinski definition) is 1. The Morgan fingerprint density at radius 1 is 0.880 bits per heavy atom. The molecule has 4 heteroatoms. The maximum Gasteiger partial charge on any atom is 0.338 e. The highest BCUT2D eigenvalue weighted by atomic mass is 19.1. The third kappa shape index (κ3) is 4.04. The van der Waals surface area contributed by atoms with Crippen LogP contribution in [0, 0.1) is 5.82 Å². The van der Waals surface area contributed by atoms with E-state index in [0.717, 1.165) is 16.7 Å². The van der Waals surface area contributed by atoms with Crippen molar-refractivity contribution in [2.45, 2.75) is 13.0 Å². The summed E-state index contributed by atoms with van der Waals surface area (Å²) in [6.45, 7) is 1.75. The van der Waals surface area contributed by atoms with Gasteiger partial charge in [0.2, 0.25) is 0 Å². The normalized spacial score (nSPS) is 11.8. The van der Waals surface area contributed by atoms with Gasteiger partial charge in [0.1, 0.15) is 17.7 Å². The maximum absolute atomic E-state index is 13.0. The van der Waals surface area contributed by atoms with Gasteiger partial charge in [0.05, 0.1) is 5.56 Å². The Balaban J connectivity index is 1.70. The summed E-state index contributed by atoms with van der Waals surface area (Å²) in [6.07, 6.45) is -0.468. The van der Waals surface area contributed by atoms with Gasteiger partial charge in [-0.3, -0.25) is 0 Å². The summed E-state index contributed by atoms with van der Waals surface area (Å²) in [5, 5.41) is 9.33. The Morgan fingerprint density at radius 2 is 1.40 bits per heavy atom. The second-order valence-electron chi connectivity index (χ2n) is 5.72. The number of carbonyl (C=O) groups is 1. The average molecular weight is 336 g/mol. The Hall–Kier alpha value is -3.14. The third-order valence-electron chi connectivity index (χ3n) is 3.94. The molecule has 0 radical (unpaired) electrons. The molecule has 0 aliphatic rings. The Kier molecular flexibility index (Phi) is 4.80. The van der Waals surface area contributed by atoms with E-state index in [2.05, 4.69) is 0 Å². The number of phenolic OH excluding ortho intramolecular Hbond substituents is 1. The number of esters is 1. The fourth-order valence-corrected chi connectivity index (χ4v) is 2.48. The molecule has 3 aromatic rings. The van der Waals surface area contributed by atoms with Gasteiger partial charge in [0, 0.05) is 0 Å². The van der Waals surface area contributed by atoms with Crippen LogP contribution in [0.4, 0.5) is 4.39 Å². The first-order valence-electron chi connectivity index (χ1n) is 7.89.